The van der Waals surface area contributed by atoms with Gasteiger partial charge in [-0.25, -0.2) is 4.98 Å². The van der Waals surface area contributed by atoms with E-state index in [1.165, 1.54) is 18.4 Å². The maximum Gasteiger partial charge on any atom is 0.126 e. The van der Waals surface area contributed by atoms with Crippen molar-refractivity contribution in [1.29, 1.82) is 0 Å². The molecule has 0 saturated heterocycles. The summed E-state index contributed by atoms with van der Waals surface area (Å²) >= 11 is 0. The van der Waals surface area contributed by atoms with E-state index in [0.717, 1.165) is 47.2 Å². The molecule has 2 aromatic rings. The predicted octanol–water partition coefficient (Wildman–Crippen LogP) is 4.45. The number of aliphatic hydroxyl groups is 1. The highest BCUT2D eigenvalue weighted by atomic mass is 16.3. The summed E-state index contributed by atoms with van der Waals surface area (Å²) < 4.78 is 0. The van der Waals surface area contributed by atoms with Crippen molar-refractivity contribution in [3.05, 3.63) is 64.9 Å². The van der Waals surface area contributed by atoms with Gasteiger partial charge in [-0.2, -0.15) is 0 Å². The highest BCUT2D eigenvalue weighted by Gasteiger charge is 2.10. The molecule has 1 heterocycles. The van der Waals surface area contributed by atoms with Crippen LogP contribution in [-0.2, 0) is 19.4 Å². The van der Waals surface area contributed by atoms with Crippen LogP contribution in [0.25, 0.3) is 5.57 Å². The number of rotatable bonds is 8. The molecule has 0 unspecified atom stereocenters. The number of nitrogens with two attached hydrogens (primary N) is 1. The molecule has 3 N–H and O–H groups in total. The molecular weight excluding hydrogens is 296 g/mol. The van der Waals surface area contributed by atoms with Gasteiger partial charge in [0.05, 0.1) is 6.61 Å². The Morgan fingerprint density at radius 1 is 1.17 bits per heavy atom. The van der Waals surface area contributed by atoms with Gasteiger partial charge in [0.2, 0.25) is 0 Å². The Balaban J connectivity index is 2.16. The number of unbranched alkanes of at least 4 members (excludes halogenated alkanes) is 2. The maximum absolute atomic E-state index is 9.13. The summed E-state index contributed by atoms with van der Waals surface area (Å²) in [6.45, 7) is 8.52. The van der Waals surface area contributed by atoms with E-state index in [4.69, 9.17) is 10.8 Å². The SMILES string of the molecule is C=C(Cc1ccc(CO)cc1)c1cc(CCCCC)c(N)nc1C. The maximum atomic E-state index is 9.13. The van der Waals surface area contributed by atoms with E-state index in [-0.39, 0.29) is 6.61 Å². The lowest BCUT2D eigenvalue weighted by Crippen LogP contribution is -2.04. The van der Waals surface area contributed by atoms with Crippen LogP contribution in [0, 0.1) is 6.92 Å². The van der Waals surface area contributed by atoms with Crippen molar-refractivity contribution >= 4 is 11.4 Å². The van der Waals surface area contributed by atoms with Crippen LogP contribution >= 0.6 is 0 Å². The largest absolute Gasteiger partial charge is 0.392 e. The molecule has 2 rings (SSSR count). The molecule has 1 aromatic carbocycles. The Bertz CT molecular complexity index is 690. The summed E-state index contributed by atoms with van der Waals surface area (Å²) in [6, 6.07) is 10.1. The topological polar surface area (TPSA) is 59.1 Å². The summed E-state index contributed by atoms with van der Waals surface area (Å²) in [4.78, 5) is 4.53. The summed E-state index contributed by atoms with van der Waals surface area (Å²) in [5.74, 6) is 0.646. The van der Waals surface area contributed by atoms with Gasteiger partial charge in [0.15, 0.2) is 0 Å². The predicted molar refractivity (Wildman–Crippen MR) is 102 cm³/mol. The second-order valence-electron chi connectivity index (χ2n) is 6.38. The molecule has 0 saturated carbocycles. The second kappa shape index (κ2) is 8.65. The van der Waals surface area contributed by atoms with Crippen molar-refractivity contribution in [3.8, 4) is 0 Å². The van der Waals surface area contributed by atoms with Crippen molar-refractivity contribution in [2.45, 2.75) is 52.6 Å². The number of allylic oxidation sites excluding steroid dienone is 1. The van der Waals surface area contributed by atoms with E-state index in [9.17, 15) is 0 Å². The van der Waals surface area contributed by atoms with Gasteiger partial charge in [0.1, 0.15) is 5.82 Å². The van der Waals surface area contributed by atoms with E-state index in [2.05, 4.69) is 24.6 Å². The number of hydrogen-bond donors (Lipinski definition) is 2. The molecule has 0 atom stereocenters. The first kappa shape index (κ1) is 18.2. The minimum atomic E-state index is 0.0728. The quantitative estimate of drug-likeness (QED) is 0.705. The standard InChI is InChI=1S/C21H28N2O/c1-4-5-6-7-19-13-20(16(3)23-21(19)22)15(2)12-17-8-10-18(14-24)11-9-17/h8-11,13,24H,2,4-7,12,14H2,1,3H3,(H2,22,23). The molecule has 0 bridgehead atoms. The fourth-order valence-corrected chi connectivity index (χ4v) is 2.89. The van der Waals surface area contributed by atoms with Gasteiger partial charge in [-0.3, -0.25) is 0 Å². The normalized spacial score (nSPS) is 10.8. The molecule has 3 nitrogen and oxygen atoms in total. The molecule has 0 aliphatic heterocycles. The van der Waals surface area contributed by atoms with Crippen LogP contribution in [0.3, 0.4) is 0 Å². The van der Waals surface area contributed by atoms with Gasteiger partial charge >= 0.3 is 0 Å². The number of hydrogen-bond acceptors (Lipinski definition) is 3. The van der Waals surface area contributed by atoms with Gasteiger partial charge < -0.3 is 10.8 Å². The van der Waals surface area contributed by atoms with Crippen LogP contribution in [0.5, 0.6) is 0 Å². The van der Waals surface area contributed by atoms with Crippen LogP contribution in [-0.4, -0.2) is 10.1 Å². The number of anilines is 1. The van der Waals surface area contributed by atoms with Gasteiger partial charge in [0, 0.05) is 5.69 Å². The lowest BCUT2D eigenvalue weighted by atomic mass is 9.95. The van der Waals surface area contributed by atoms with Gasteiger partial charge in [-0.1, -0.05) is 50.6 Å². The third kappa shape index (κ3) is 4.68. The Kier molecular flexibility index (Phi) is 6.56. The summed E-state index contributed by atoms with van der Waals surface area (Å²) in [7, 11) is 0. The Morgan fingerprint density at radius 2 is 1.83 bits per heavy atom. The molecule has 0 aliphatic carbocycles. The monoisotopic (exact) mass is 324 g/mol. The zero-order valence-corrected chi connectivity index (χ0v) is 14.8. The zero-order chi connectivity index (χ0) is 17.5. The molecule has 1 aromatic heterocycles. The van der Waals surface area contributed by atoms with Crippen molar-refractivity contribution in [3.63, 3.8) is 0 Å². The first-order valence-electron chi connectivity index (χ1n) is 8.68. The molecule has 0 aliphatic rings. The number of aromatic nitrogens is 1. The third-order valence-corrected chi connectivity index (χ3v) is 4.38. The lowest BCUT2D eigenvalue weighted by Gasteiger charge is -2.13. The van der Waals surface area contributed by atoms with Crippen LogP contribution in [0.1, 0.15) is 54.1 Å². The first-order valence-corrected chi connectivity index (χ1v) is 8.68. The highest BCUT2D eigenvalue weighted by Crippen LogP contribution is 2.25. The second-order valence-corrected chi connectivity index (χ2v) is 6.38. The highest BCUT2D eigenvalue weighted by molar-refractivity contribution is 5.69. The molecule has 3 heteroatoms. The van der Waals surface area contributed by atoms with E-state index in [1.54, 1.807) is 0 Å². The number of nitrogens with zero attached hydrogens (tertiary/aromatic N) is 1. The van der Waals surface area contributed by atoms with Crippen LogP contribution in [0.15, 0.2) is 36.9 Å². The van der Waals surface area contributed by atoms with Crippen LogP contribution in [0.4, 0.5) is 5.82 Å². The Labute approximate surface area is 145 Å². The average Bonchev–Trinajstić information content (AvgIpc) is 2.57. The number of nitrogen functional groups attached to an aromatic ring is 1. The van der Waals surface area contributed by atoms with Gasteiger partial charge in [-0.15, -0.1) is 0 Å². The lowest BCUT2D eigenvalue weighted by molar-refractivity contribution is 0.282. The minimum absolute atomic E-state index is 0.0728. The van der Waals surface area contributed by atoms with E-state index in [1.807, 2.05) is 31.2 Å². The van der Waals surface area contributed by atoms with Crippen molar-refractivity contribution < 1.29 is 5.11 Å². The van der Waals surface area contributed by atoms with Crippen molar-refractivity contribution in [2.75, 3.05) is 5.73 Å². The minimum Gasteiger partial charge on any atom is -0.392 e. The van der Waals surface area contributed by atoms with Gasteiger partial charge in [0.25, 0.3) is 0 Å². The summed E-state index contributed by atoms with van der Waals surface area (Å²) in [5.41, 5.74) is 12.4. The molecule has 0 radical (unpaired) electrons. The number of aryl methyl sites for hydroxylation is 2. The molecule has 0 amide bonds. The summed E-state index contributed by atoms with van der Waals surface area (Å²) in [6.07, 6.45) is 5.29. The van der Waals surface area contributed by atoms with E-state index < -0.39 is 0 Å². The van der Waals surface area contributed by atoms with E-state index in [0.29, 0.717) is 5.82 Å². The van der Waals surface area contributed by atoms with Gasteiger partial charge in [-0.05, 0) is 60.1 Å². The van der Waals surface area contributed by atoms with Crippen LogP contribution < -0.4 is 5.73 Å². The van der Waals surface area contributed by atoms with E-state index >= 15 is 0 Å². The number of aliphatic hydroxyl groups excluding tert-OH is 1. The smallest absolute Gasteiger partial charge is 0.126 e. The third-order valence-electron chi connectivity index (χ3n) is 4.38. The first-order chi connectivity index (χ1) is 11.5. The fourth-order valence-electron chi connectivity index (χ4n) is 2.89. The molecule has 0 fully saturated rings. The van der Waals surface area contributed by atoms with Crippen molar-refractivity contribution in [2.24, 2.45) is 0 Å². The van der Waals surface area contributed by atoms with Crippen molar-refractivity contribution in [1.82, 2.24) is 4.98 Å². The average molecular weight is 324 g/mol. The number of pyridine rings is 1. The molecular formula is C21H28N2O. The Hall–Kier alpha value is -2.13. The Morgan fingerprint density at radius 3 is 2.46 bits per heavy atom. The molecule has 0 spiro atoms. The molecule has 24 heavy (non-hydrogen) atoms. The molecule has 128 valence electrons. The van der Waals surface area contributed by atoms with Crippen LogP contribution in [0.2, 0.25) is 0 Å². The zero-order valence-electron chi connectivity index (χ0n) is 14.8. The fraction of sp³-hybridized carbons (Fsp3) is 0.381. The summed E-state index contributed by atoms with van der Waals surface area (Å²) in [5, 5.41) is 9.13. The number of benzene rings is 1.